The summed E-state index contributed by atoms with van der Waals surface area (Å²) in [6.07, 6.45) is 5.13. The van der Waals surface area contributed by atoms with Gasteiger partial charge in [-0.2, -0.15) is 0 Å². The van der Waals surface area contributed by atoms with Gasteiger partial charge in [0.2, 0.25) is 0 Å². The zero-order chi connectivity index (χ0) is 17.1. The molecule has 1 aromatic rings. The third-order valence-corrected chi connectivity index (χ3v) is 2.97. The highest BCUT2D eigenvalue weighted by molar-refractivity contribution is 5.77. The topological polar surface area (TPSA) is 61.8 Å². The Kier molecular flexibility index (Phi) is 8.50. The normalized spacial score (nSPS) is 12.0. The maximum Gasteiger partial charge on any atom is 0.347 e. The Morgan fingerprint density at radius 2 is 1.91 bits per heavy atom. The molecule has 1 rings (SSSR count). The zero-order valence-corrected chi connectivity index (χ0v) is 13.9. The molecule has 0 saturated carbocycles. The van der Waals surface area contributed by atoms with E-state index < -0.39 is 12.1 Å². The van der Waals surface area contributed by atoms with Crippen molar-refractivity contribution in [2.24, 2.45) is 0 Å². The van der Waals surface area contributed by atoms with E-state index in [1.165, 1.54) is 0 Å². The quantitative estimate of drug-likeness (QED) is 0.375. The molecule has 1 unspecified atom stereocenters. The van der Waals surface area contributed by atoms with E-state index in [1.54, 1.807) is 25.1 Å². The molecule has 23 heavy (non-hydrogen) atoms. The lowest BCUT2D eigenvalue weighted by molar-refractivity contribution is -0.151. The molecular formula is C18H24O5. The van der Waals surface area contributed by atoms with Gasteiger partial charge in [0.1, 0.15) is 6.29 Å². The predicted molar refractivity (Wildman–Crippen MR) is 88.1 cm³/mol. The summed E-state index contributed by atoms with van der Waals surface area (Å²) in [5.74, 6) is 0.432. The summed E-state index contributed by atoms with van der Waals surface area (Å²) in [6, 6.07) is 4.84. The second kappa shape index (κ2) is 10.4. The van der Waals surface area contributed by atoms with Crippen LogP contribution in [-0.2, 0) is 9.53 Å². The van der Waals surface area contributed by atoms with Crippen LogP contribution in [0.15, 0.2) is 30.4 Å². The van der Waals surface area contributed by atoms with Crippen molar-refractivity contribution >= 4 is 12.3 Å². The molecular weight excluding hydrogens is 296 g/mol. The van der Waals surface area contributed by atoms with Crippen LogP contribution >= 0.6 is 0 Å². The molecule has 0 aliphatic carbocycles. The van der Waals surface area contributed by atoms with Crippen LogP contribution in [0, 0.1) is 0 Å². The Balaban J connectivity index is 2.98. The first-order valence-electron chi connectivity index (χ1n) is 7.86. The van der Waals surface area contributed by atoms with Gasteiger partial charge in [-0.3, -0.25) is 4.79 Å². The van der Waals surface area contributed by atoms with Gasteiger partial charge in [0, 0.05) is 12.0 Å². The first kappa shape index (κ1) is 18.7. The van der Waals surface area contributed by atoms with E-state index in [-0.39, 0.29) is 0 Å². The summed E-state index contributed by atoms with van der Waals surface area (Å²) < 4.78 is 16.3. The smallest absolute Gasteiger partial charge is 0.347 e. The number of allylic oxidation sites excluding steroid dienone is 1. The van der Waals surface area contributed by atoms with E-state index in [4.69, 9.17) is 14.2 Å². The molecule has 0 heterocycles. The number of carbonyl (C=O) groups excluding carboxylic acids is 2. The molecule has 0 aliphatic rings. The molecule has 0 amide bonds. The maximum absolute atomic E-state index is 12.1. The molecule has 1 aromatic carbocycles. The summed E-state index contributed by atoms with van der Waals surface area (Å²) in [4.78, 5) is 22.9. The standard InChI is InChI=1S/C18H24O5/c1-4-7-8-9-16(18(20)22-6-3)23-15-11-10-14(13-19)12-17(15)21-5-2/h7-8,10-13,16H,4-6,9H2,1-3H3. The van der Waals surface area contributed by atoms with Gasteiger partial charge in [0.05, 0.1) is 13.2 Å². The molecule has 0 spiro atoms. The summed E-state index contributed by atoms with van der Waals surface area (Å²) in [7, 11) is 0. The molecule has 1 atom stereocenters. The number of ether oxygens (including phenoxy) is 3. The van der Waals surface area contributed by atoms with Crippen LogP contribution in [0.5, 0.6) is 11.5 Å². The Bertz CT molecular complexity index is 536. The summed E-state index contributed by atoms with van der Waals surface area (Å²) in [5, 5.41) is 0. The largest absolute Gasteiger partial charge is 0.490 e. The number of esters is 1. The van der Waals surface area contributed by atoms with Crippen molar-refractivity contribution < 1.29 is 23.8 Å². The van der Waals surface area contributed by atoms with E-state index in [0.29, 0.717) is 36.7 Å². The molecule has 0 N–H and O–H groups in total. The Morgan fingerprint density at radius 3 is 2.52 bits per heavy atom. The van der Waals surface area contributed by atoms with Crippen molar-refractivity contribution in [3.8, 4) is 11.5 Å². The molecule has 0 radical (unpaired) electrons. The number of carbonyl (C=O) groups is 2. The minimum Gasteiger partial charge on any atom is -0.490 e. The number of aldehydes is 1. The van der Waals surface area contributed by atoms with Crippen LogP contribution in [0.2, 0.25) is 0 Å². The fraction of sp³-hybridized carbons (Fsp3) is 0.444. The Morgan fingerprint density at radius 1 is 1.13 bits per heavy atom. The van der Waals surface area contributed by atoms with Gasteiger partial charge in [-0.1, -0.05) is 19.1 Å². The van der Waals surface area contributed by atoms with Gasteiger partial charge in [-0.15, -0.1) is 0 Å². The minimum absolute atomic E-state index is 0.290. The van der Waals surface area contributed by atoms with Gasteiger partial charge < -0.3 is 14.2 Å². The zero-order valence-electron chi connectivity index (χ0n) is 13.9. The fourth-order valence-electron chi connectivity index (χ4n) is 1.93. The van der Waals surface area contributed by atoms with E-state index >= 15 is 0 Å². The summed E-state index contributed by atoms with van der Waals surface area (Å²) in [6.45, 7) is 6.32. The molecule has 5 nitrogen and oxygen atoms in total. The Labute approximate surface area is 137 Å². The van der Waals surface area contributed by atoms with Gasteiger partial charge in [-0.25, -0.2) is 4.79 Å². The van der Waals surface area contributed by atoms with Gasteiger partial charge in [-0.05, 0) is 38.5 Å². The van der Waals surface area contributed by atoms with E-state index in [2.05, 4.69) is 0 Å². The van der Waals surface area contributed by atoms with Crippen LogP contribution < -0.4 is 9.47 Å². The number of benzene rings is 1. The lowest BCUT2D eigenvalue weighted by Crippen LogP contribution is -2.29. The van der Waals surface area contributed by atoms with Crippen LogP contribution in [0.3, 0.4) is 0 Å². The average Bonchev–Trinajstić information content (AvgIpc) is 2.55. The molecule has 5 heteroatoms. The van der Waals surface area contributed by atoms with Gasteiger partial charge in [0.15, 0.2) is 17.6 Å². The monoisotopic (exact) mass is 320 g/mol. The van der Waals surface area contributed by atoms with Crippen molar-refractivity contribution in [1.29, 1.82) is 0 Å². The van der Waals surface area contributed by atoms with E-state index in [1.807, 2.05) is 26.0 Å². The van der Waals surface area contributed by atoms with Crippen molar-refractivity contribution in [2.45, 2.75) is 39.7 Å². The molecule has 0 saturated heterocycles. The average molecular weight is 320 g/mol. The molecule has 0 fully saturated rings. The minimum atomic E-state index is -0.751. The van der Waals surface area contributed by atoms with E-state index in [9.17, 15) is 9.59 Å². The molecule has 0 aliphatic heterocycles. The lowest BCUT2D eigenvalue weighted by Gasteiger charge is -2.18. The first-order valence-corrected chi connectivity index (χ1v) is 7.86. The van der Waals surface area contributed by atoms with Crippen LogP contribution in [0.4, 0.5) is 0 Å². The highest BCUT2D eigenvalue weighted by Crippen LogP contribution is 2.29. The van der Waals surface area contributed by atoms with Crippen molar-refractivity contribution in [3.63, 3.8) is 0 Å². The number of rotatable bonds is 10. The lowest BCUT2D eigenvalue weighted by atomic mass is 10.2. The third kappa shape index (κ3) is 6.14. The maximum atomic E-state index is 12.1. The second-order valence-corrected chi connectivity index (χ2v) is 4.73. The van der Waals surface area contributed by atoms with Crippen molar-refractivity contribution in [3.05, 3.63) is 35.9 Å². The molecule has 0 aromatic heterocycles. The van der Waals surface area contributed by atoms with Crippen molar-refractivity contribution in [2.75, 3.05) is 13.2 Å². The predicted octanol–water partition coefficient (Wildman–Crippen LogP) is 3.56. The fourth-order valence-corrected chi connectivity index (χ4v) is 1.93. The number of hydrogen-bond donors (Lipinski definition) is 0. The highest BCUT2D eigenvalue weighted by Gasteiger charge is 2.22. The van der Waals surface area contributed by atoms with Crippen molar-refractivity contribution in [1.82, 2.24) is 0 Å². The van der Waals surface area contributed by atoms with Crippen LogP contribution in [0.25, 0.3) is 0 Å². The summed E-state index contributed by atoms with van der Waals surface area (Å²) >= 11 is 0. The van der Waals surface area contributed by atoms with Crippen LogP contribution in [0.1, 0.15) is 44.0 Å². The number of hydrogen-bond acceptors (Lipinski definition) is 5. The molecule has 0 bridgehead atoms. The van der Waals surface area contributed by atoms with Crippen LogP contribution in [-0.4, -0.2) is 31.6 Å². The second-order valence-electron chi connectivity index (χ2n) is 4.73. The van der Waals surface area contributed by atoms with Gasteiger partial charge in [0.25, 0.3) is 0 Å². The third-order valence-electron chi connectivity index (χ3n) is 2.97. The van der Waals surface area contributed by atoms with E-state index in [0.717, 1.165) is 12.7 Å². The summed E-state index contributed by atoms with van der Waals surface area (Å²) in [5.41, 5.74) is 0.486. The Hall–Kier alpha value is -2.30. The SMILES string of the molecule is CCC=CCC(Oc1ccc(C=O)cc1OCC)C(=O)OCC. The van der Waals surface area contributed by atoms with Gasteiger partial charge >= 0.3 is 5.97 Å². The molecule has 126 valence electrons. The first-order chi connectivity index (χ1) is 11.2. The highest BCUT2D eigenvalue weighted by atomic mass is 16.6.